The van der Waals surface area contributed by atoms with E-state index in [0.717, 1.165) is 37.3 Å². The Balaban J connectivity index is 0.000000273. The molecule has 228 valence electrons. The number of aliphatic hydroxyl groups excluding tert-OH is 1. The van der Waals surface area contributed by atoms with Crippen molar-refractivity contribution in [1.29, 1.82) is 0 Å². The Kier molecular flexibility index (Phi) is 10.6. The number of halogens is 1. The van der Waals surface area contributed by atoms with E-state index < -0.39 is 10.4 Å². The minimum Gasteiger partial charge on any atom is -0.414 e. The molecular formula is C29H33ClN6O7. The largest absolute Gasteiger partial charge is 0.414 e. The number of carbonyl (C=O) groups is 3. The first kappa shape index (κ1) is 31.3. The van der Waals surface area contributed by atoms with Gasteiger partial charge in [0.2, 0.25) is 0 Å². The van der Waals surface area contributed by atoms with Crippen LogP contribution in [0, 0.1) is 10.1 Å². The van der Waals surface area contributed by atoms with Gasteiger partial charge in [0.25, 0.3) is 11.6 Å². The van der Waals surface area contributed by atoms with E-state index in [0.29, 0.717) is 31.9 Å². The second-order valence-corrected chi connectivity index (χ2v) is 10.4. The standard InChI is InChI=1S/C22H29N5O3.C7H4ClNO4/c1-24-10-2-3-20(24)21(29)26-13-15-27(16-14-26)22(30)23-17-4-6-18(7-5-17)25-11-8-19(28)9-12-25;8-7(10)13-6-3-1-5(2-4-6)9(11)12/h2-7,10,19,28H,8-9,11-16H2,1H3,(H,23,30);1-4H. The summed E-state index contributed by atoms with van der Waals surface area (Å²) in [6.07, 6.45) is 3.24. The topological polar surface area (TPSA) is 150 Å². The number of urea groups is 1. The maximum atomic E-state index is 12.6. The quantitative estimate of drug-likeness (QED) is 0.246. The predicted molar refractivity (Wildman–Crippen MR) is 161 cm³/mol. The molecule has 5 rings (SSSR count). The summed E-state index contributed by atoms with van der Waals surface area (Å²) >= 11 is 4.92. The molecule has 0 radical (unpaired) electrons. The van der Waals surface area contributed by atoms with Gasteiger partial charge >= 0.3 is 11.5 Å². The van der Waals surface area contributed by atoms with Crippen molar-refractivity contribution in [3.05, 3.63) is 82.7 Å². The fourth-order valence-electron chi connectivity index (χ4n) is 4.77. The van der Waals surface area contributed by atoms with E-state index >= 15 is 0 Å². The van der Waals surface area contributed by atoms with Gasteiger partial charge in [-0.3, -0.25) is 14.9 Å². The van der Waals surface area contributed by atoms with Gasteiger partial charge in [-0.25, -0.2) is 9.59 Å². The van der Waals surface area contributed by atoms with Crippen LogP contribution in [0.2, 0.25) is 0 Å². The van der Waals surface area contributed by atoms with Crippen LogP contribution in [0.5, 0.6) is 5.75 Å². The molecule has 2 aromatic carbocycles. The Bertz CT molecular complexity index is 1410. The Labute approximate surface area is 253 Å². The van der Waals surface area contributed by atoms with Crippen molar-refractivity contribution < 1.29 is 29.2 Å². The average Bonchev–Trinajstić information content (AvgIpc) is 3.43. The zero-order chi connectivity index (χ0) is 30.9. The number of nitrogens with zero attached hydrogens (tertiary/aromatic N) is 5. The number of piperidine rings is 1. The van der Waals surface area contributed by atoms with E-state index in [1.165, 1.54) is 24.3 Å². The number of nitro groups is 1. The number of aliphatic hydroxyl groups is 1. The van der Waals surface area contributed by atoms with Crippen molar-refractivity contribution >= 4 is 46.0 Å². The van der Waals surface area contributed by atoms with Crippen molar-refractivity contribution in [1.82, 2.24) is 14.4 Å². The predicted octanol–water partition coefficient (Wildman–Crippen LogP) is 4.31. The second kappa shape index (κ2) is 14.5. The zero-order valence-electron chi connectivity index (χ0n) is 23.6. The molecule has 0 bridgehead atoms. The molecule has 43 heavy (non-hydrogen) atoms. The van der Waals surface area contributed by atoms with Gasteiger partial charge in [0, 0.05) is 87.6 Å². The molecule has 0 atom stereocenters. The smallest absolute Gasteiger partial charge is 0.409 e. The van der Waals surface area contributed by atoms with Crippen LogP contribution in [-0.4, -0.2) is 87.1 Å². The number of rotatable bonds is 5. The van der Waals surface area contributed by atoms with Crippen molar-refractivity contribution in [3.63, 3.8) is 0 Å². The van der Waals surface area contributed by atoms with Gasteiger partial charge in [0.05, 0.1) is 11.0 Å². The average molecular weight is 613 g/mol. The third-order valence-corrected chi connectivity index (χ3v) is 7.29. The Morgan fingerprint density at radius 2 is 1.53 bits per heavy atom. The lowest BCUT2D eigenvalue weighted by Gasteiger charge is -2.34. The van der Waals surface area contributed by atoms with Crippen LogP contribution in [0.1, 0.15) is 23.3 Å². The van der Waals surface area contributed by atoms with Gasteiger partial charge in [-0.2, -0.15) is 0 Å². The van der Waals surface area contributed by atoms with Crippen LogP contribution in [0.15, 0.2) is 66.9 Å². The minimum absolute atomic E-state index is 0.00313. The summed E-state index contributed by atoms with van der Waals surface area (Å²) in [6, 6.07) is 16.4. The molecule has 2 aliphatic rings. The monoisotopic (exact) mass is 612 g/mol. The van der Waals surface area contributed by atoms with Crippen molar-refractivity contribution in [2.24, 2.45) is 7.05 Å². The summed E-state index contributed by atoms with van der Waals surface area (Å²) < 4.78 is 6.27. The molecule has 2 N–H and O–H groups in total. The lowest BCUT2D eigenvalue weighted by molar-refractivity contribution is -0.384. The van der Waals surface area contributed by atoms with Crippen molar-refractivity contribution in [2.75, 3.05) is 49.5 Å². The summed E-state index contributed by atoms with van der Waals surface area (Å²) in [7, 11) is 1.86. The van der Waals surface area contributed by atoms with E-state index in [1.807, 2.05) is 54.2 Å². The Morgan fingerprint density at radius 3 is 2.07 bits per heavy atom. The number of aromatic nitrogens is 1. The molecule has 1 aromatic heterocycles. The van der Waals surface area contributed by atoms with E-state index in [1.54, 1.807) is 9.80 Å². The highest BCUT2D eigenvalue weighted by atomic mass is 35.5. The Hall–Kier alpha value is -4.62. The molecule has 3 amide bonds. The number of hydrogen-bond donors (Lipinski definition) is 2. The number of non-ortho nitro benzene ring substituents is 1. The molecule has 14 heteroatoms. The summed E-state index contributed by atoms with van der Waals surface area (Å²) in [5.41, 5.74) is 1.47. The van der Waals surface area contributed by atoms with Crippen molar-refractivity contribution in [3.8, 4) is 5.75 Å². The van der Waals surface area contributed by atoms with E-state index in [2.05, 4.69) is 15.0 Å². The van der Waals surface area contributed by atoms with Crippen LogP contribution in [0.3, 0.4) is 0 Å². The van der Waals surface area contributed by atoms with Crippen LogP contribution >= 0.6 is 11.6 Å². The van der Waals surface area contributed by atoms with Gasteiger partial charge in [0.15, 0.2) is 0 Å². The highest BCUT2D eigenvalue weighted by Gasteiger charge is 2.26. The lowest BCUT2D eigenvalue weighted by Crippen LogP contribution is -2.51. The fraction of sp³-hybridized carbons (Fsp3) is 0.345. The molecule has 0 unspecified atom stereocenters. The maximum Gasteiger partial charge on any atom is 0.409 e. The summed E-state index contributed by atoms with van der Waals surface area (Å²) in [5, 5.41) is 22.8. The molecule has 0 saturated carbocycles. The lowest BCUT2D eigenvalue weighted by atomic mass is 10.1. The van der Waals surface area contributed by atoms with Gasteiger partial charge in [-0.05, 0) is 61.4 Å². The Morgan fingerprint density at radius 1 is 0.930 bits per heavy atom. The number of anilines is 2. The first-order chi connectivity index (χ1) is 20.6. The van der Waals surface area contributed by atoms with Gasteiger partial charge in [-0.1, -0.05) is 0 Å². The zero-order valence-corrected chi connectivity index (χ0v) is 24.4. The molecule has 2 fully saturated rings. The van der Waals surface area contributed by atoms with Crippen LogP contribution in [0.25, 0.3) is 0 Å². The number of hydrogen-bond acceptors (Lipinski definition) is 8. The molecule has 2 aliphatic heterocycles. The van der Waals surface area contributed by atoms with Crippen molar-refractivity contribution in [2.45, 2.75) is 18.9 Å². The number of piperazine rings is 1. The molecule has 0 aliphatic carbocycles. The normalized spacial score (nSPS) is 15.3. The molecule has 13 nitrogen and oxygen atoms in total. The SMILES string of the molecule is Cn1cccc1C(=O)N1CCN(C(=O)Nc2ccc(N3CCC(O)CC3)cc2)CC1.O=C(Cl)Oc1ccc([N+](=O)[O-])cc1. The number of ether oxygens (including phenoxy) is 1. The third kappa shape index (κ3) is 8.69. The molecule has 0 spiro atoms. The first-order valence-electron chi connectivity index (χ1n) is 13.7. The van der Waals surface area contributed by atoms with Crippen LogP contribution < -0.4 is 15.0 Å². The molecular weight excluding hydrogens is 580 g/mol. The molecule has 2 saturated heterocycles. The van der Waals surface area contributed by atoms with Gasteiger partial charge < -0.3 is 34.4 Å². The third-order valence-electron chi connectivity index (χ3n) is 7.21. The van der Waals surface area contributed by atoms with E-state index in [4.69, 9.17) is 11.6 Å². The number of carbonyl (C=O) groups excluding carboxylic acids is 3. The van der Waals surface area contributed by atoms with Gasteiger partial charge in [-0.15, -0.1) is 0 Å². The number of nitro benzene ring substituents is 1. The van der Waals surface area contributed by atoms with Crippen LogP contribution in [-0.2, 0) is 7.05 Å². The number of aryl methyl sites for hydroxylation is 1. The summed E-state index contributed by atoms with van der Waals surface area (Å²) in [5.74, 6) is 0.175. The number of amides is 3. The minimum atomic E-state index is -0.978. The molecule has 3 aromatic rings. The second-order valence-electron chi connectivity index (χ2n) is 10.1. The molecule has 3 heterocycles. The van der Waals surface area contributed by atoms with E-state index in [9.17, 15) is 29.6 Å². The fourth-order valence-corrected chi connectivity index (χ4v) is 4.86. The number of nitrogens with one attached hydrogen (secondary N) is 1. The van der Waals surface area contributed by atoms with E-state index in [-0.39, 0.29) is 29.5 Å². The summed E-state index contributed by atoms with van der Waals surface area (Å²) in [4.78, 5) is 50.9. The first-order valence-corrected chi connectivity index (χ1v) is 14.1. The highest BCUT2D eigenvalue weighted by molar-refractivity contribution is 6.61. The number of benzene rings is 2. The highest BCUT2D eigenvalue weighted by Crippen LogP contribution is 2.22. The van der Waals surface area contributed by atoms with Gasteiger partial charge in [0.1, 0.15) is 11.4 Å². The maximum absolute atomic E-state index is 12.6. The summed E-state index contributed by atoms with van der Waals surface area (Å²) in [6.45, 7) is 3.76. The van der Waals surface area contributed by atoms with Crippen LogP contribution in [0.4, 0.5) is 26.7 Å².